The fourth-order valence-corrected chi connectivity index (χ4v) is 1.17. The average Bonchev–Trinajstić information content (AvgIpc) is 2.27. The molecule has 0 unspecified atom stereocenters. The molecule has 2 nitrogen and oxygen atoms in total. The zero-order chi connectivity index (χ0) is 11.1. The Bertz CT molecular complexity index is 352. The maximum absolute atomic E-state index is 10.8. The highest BCUT2D eigenvalue weighted by atomic mass is 16.5. The van der Waals surface area contributed by atoms with Crippen molar-refractivity contribution in [1.82, 2.24) is 0 Å². The molecule has 1 aromatic carbocycles. The van der Waals surface area contributed by atoms with E-state index < -0.39 is 5.97 Å². The Hall–Kier alpha value is -1.83. The number of hydrogen-bond acceptors (Lipinski definition) is 2. The van der Waals surface area contributed by atoms with Crippen molar-refractivity contribution in [1.29, 1.82) is 0 Å². The average molecular weight is 202 g/mol. The first-order valence-electron chi connectivity index (χ1n) is 4.72. The van der Waals surface area contributed by atoms with Gasteiger partial charge in [0.15, 0.2) is 0 Å². The number of carbonyl (C=O) groups is 1. The zero-order valence-corrected chi connectivity index (χ0v) is 8.61. The van der Waals surface area contributed by atoms with Crippen LogP contribution >= 0.6 is 0 Å². The topological polar surface area (TPSA) is 26.3 Å². The molecule has 2 heteroatoms. The molecule has 1 aromatic rings. The van der Waals surface area contributed by atoms with Crippen LogP contribution in [-0.2, 0) is 16.0 Å². The van der Waals surface area contributed by atoms with Crippen molar-refractivity contribution in [2.75, 3.05) is 6.61 Å². The van der Waals surface area contributed by atoms with Crippen LogP contribution in [0.25, 0.3) is 0 Å². The molecule has 0 N–H and O–H groups in total. The lowest BCUT2D eigenvalue weighted by atomic mass is 10.1. The summed E-state index contributed by atoms with van der Waals surface area (Å²) >= 11 is 0. The van der Waals surface area contributed by atoms with E-state index in [1.807, 2.05) is 30.3 Å². The first-order valence-corrected chi connectivity index (χ1v) is 4.72. The van der Waals surface area contributed by atoms with Crippen LogP contribution in [0, 0.1) is 0 Å². The van der Waals surface area contributed by atoms with Crippen molar-refractivity contribution >= 4 is 5.97 Å². The molecular formula is C13H14O2. The molecular weight excluding hydrogens is 188 g/mol. The van der Waals surface area contributed by atoms with Gasteiger partial charge in [0, 0.05) is 6.08 Å². The predicted octanol–water partition coefficient (Wildman–Crippen LogP) is 2.51. The Kier molecular flexibility index (Phi) is 4.35. The molecule has 1 rings (SSSR count). The molecule has 0 atom stereocenters. The van der Waals surface area contributed by atoms with Gasteiger partial charge in [0.25, 0.3) is 0 Å². The number of benzene rings is 1. The Morgan fingerprint density at radius 3 is 2.60 bits per heavy atom. The molecule has 0 fully saturated rings. The summed E-state index contributed by atoms with van der Waals surface area (Å²) in [5.41, 5.74) is 2.04. The van der Waals surface area contributed by atoms with Gasteiger partial charge in [0.05, 0.1) is 0 Å². The van der Waals surface area contributed by atoms with Crippen molar-refractivity contribution in [3.8, 4) is 0 Å². The van der Waals surface area contributed by atoms with E-state index in [9.17, 15) is 4.79 Å². The van der Waals surface area contributed by atoms with Crippen molar-refractivity contribution in [2.24, 2.45) is 0 Å². The molecule has 0 amide bonds. The van der Waals surface area contributed by atoms with Crippen LogP contribution in [0.5, 0.6) is 0 Å². The summed E-state index contributed by atoms with van der Waals surface area (Å²) in [5, 5.41) is 0. The third-order valence-electron chi connectivity index (χ3n) is 1.88. The van der Waals surface area contributed by atoms with Crippen molar-refractivity contribution in [3.63, 3.8) is 0 Å². The van der Waals surface area contributed by atoms with E-state index in [1.165, 1.54) is 0 Å². The molecule has 0 saturated carbocycles. The van der Waals surface area contributed by atoms with E-state index in [0.717, 1.165) is 23.6 Å². The van der Waals surface area contributed by atoms with E-state index in [0.29, 0.717) is 0 Å². The lowest BCUT2D eigenvalue weighted by molar-refractivity contribution is -0.136. The molecule has 78 valence electrons. The molecule has 0 bridgehead atoms. The van der Waals surface area contributed by atoms with Crippen LogP contribution in [0.3, 0.4) is 0 Å². The summed E-state index contributed by atoms with van der Waals surface area (Å²) in [7, 11) is 0. The molecule has 0 radical (unpaired) electrons. The summed E-state index contributed by atoms with van der Waals surface area (Å²) in [6.45, 7) is 7.41. The van der Waals surface area contributed by atoms with E-state index in [4.69, 9.17) is 4.74 Å². The van der Waals surface area contributed by atoms with E-state index in [2.05, 4.69) is 13.2 Å². The van der Waals surface area contributed by atoms with Crippen LogP contribution in [-0.4, -0.2) is 12.6 Å². The predicted molar refractivity (Wildman–Crippen MR) is 60.4 cm³/mol. The molecule has 0 aromatic heterocycles. The van der Waals surface area contributed by atoms with E-state index >= 15 is 0 Å². The SMILES string of the molecule is C=CC(=O)OCC(=C)Cc1ccccc1. The largest absolute Gasteiger partial charge is 0.458 e. The standard InChI is InChI=1S/C13H14O2/c1-3-13(14)15-10-11(2)9-12-7-5-4-6-8-12/h3-8H,1-2,9-10H2. The number of carbonyl (C=O) groups excluding carboxylic acids is 1. The molecule has 0 aliphatic rings. The summed E-state index contributed by atoms with van der Waals surface area (Å²) in [6, 6.07) is 9.93. The van der Waals surface area contributed by atoms with Gasteiger partial charge in [0.2, 0.25) is 0 Å². The number of hydrogen-bond donors (Lipinski definition) is 0. The summed E-state index contributed by atoms with van der Waals surface area (Å²) in [6.07, 6.45) is 1.88. The number of esters is 1. The smallest absolute Gasteiger partial charge is 0.330 e. The minimum absolute atomic E-state index is 0.250. The minimum Gasteiger partial charge on any atom is -0.458 e. The van der Waals surface area contributed by atoms with Gasteiger partial charge >= 0.3 is 5.97 Å². The Morgan fingerprint density at radius 2 is 2.00 bits per heavy atom. The summed E-state index contributed by atoms with van der Waals surface area (Å²) in [4.78, 5) is 10.8. The first-order chi connectivity index (χ1) is 7.22. The lowest BCUT2D eigenvalue weighted by Crippen LogP contribution is -2.05. The maximum atomic E-state index is 10.8. The number of rotatable bonds is 5. The van der Waals surface area contributed by atoms with E-state index in [-0.39, 0.29) is 6.61 Å². The van der Waals surface area contributed by atoms with Gasteiger partial charge in [-0.25, -0.2) is 4.79 Å². The van der Waals surface area contributed by atoms with Gasteiger partial charge in [0.1, 0.15) is 6.61 Å². The maximum Gasteiger partial charge on any atom is 0.330 e. The highest BCUT2D eigenvalue weighted by molar-refractivity contribution is 5.81. The molecule has 0 spiro atoms. The number of ether oxygens (including phenoxy) is 1. The fourth-order valence-electron chi connectivity index (χ4n) is 1.17. The Morgan fingerprint density at radius 1 is 1.33 bits per heavy atom. The minimum atomic E-state index is -0.413. The van der Waals surface area contributed by atoms with Crippen LogP contribution in [0.1, 0.15) is 5.56 Å². The molecule has 0 aliphatic heterocycles. The second kappa shape index (κ2) is 5.81. The quantitative estimate of drug-likeness (QED) is 0.416. The zero-order valence-electron chi connectivity index (χ0n) is 8.61. The van der Waals surface area contributed by atoms with Crippen LogP contribution in [0.2, 0.25) is 0 Å². The van der Waals surface area contributed by atoms with Crippen molar-refractivity contribution in [2.45, 2.75) is 6.42 Å². The van der Waals surface area contributed by atoms with Crippen LogP contribution < -0.4 is 0 Å². The Balaban J connectivity index is 2.37. The second-order valence-corrected chi connectivity index (χ2v) is 3.22. The molecule has 0 heterocycles. The van der Waals surface area contributed by atoms with Gasteiger partial charge in [-0.1, -0.05) is 43.5 Å². The van der Waals surface area contributed by atoms with Gasteiger partial charge in [-0.3, -0.25) is 0 Å². The van der Waals surface area contributed by atoms with Gasteiger partial charge in [-0.05, 0) is 17.6 Å². The van der Waals surface area contributed by atoms with E-state index in [1.54, 1.807) is 0 Å². The Labute approximate surface area is 89.9 Å². The van der Waals surface area contributed by atoms with Gasteiger partial charge in [-0.15, -0.1) is 0 Å². The highest BCUT2D eigenvalue weighted by Crippen LogP contribution is 2.06. The third-order valence-corrected chi connectivity index (χ3v) is 1.88. The van der Waals surface area contributed by atoms with Crippen molar-refractivity contribution < 1.29 is 9.53 Å². The monoisotopic (exact) mass is 202 g/mol. The normalized spacial score (nSPS) is 9.33. The third kappa shape index (κ3) is 4.27. The first kappa shape index (κ1) is 11.2. The second-order valence-electron chi connectivity index (χ2n) is 3.22. The molecule has 0 saturated heterocycles. The van der Waals surface area contributed by atoms with Gasteiger partial charge < -0.3 is 4.74 Å². The summed E-state index contributed by atoms with van der Waals surface area (Å²) in [5.74, 6) is -0.413. The van der Waals surface area contributed by atoms with Crippen LogP contribution in [0.4, 0.5) is 0 Å². The van der Waals surface area contributed by atoms with Crippen LogP contribution in [0.15, 0.2) is 55.1 Å². The summed E-state index contributed by atoms with van der Waals surface area (Å²) < 4.78 is 4.87. The van der Waals surface area contributed by atoms with Gasteiger partial charge in [-0.2, -0.15) is 0 Å². The lowest BCUT2D eigenvalue weighted by Gasteiger charge is -2.05. The molecule has 15 heavy (non-hydrogen) atoms. The highest BCUT2D eigenvalue weighted by Gasteiger charge is 2.00. The molecule has 0 aliphatic carbocycles. The van der Waals surface area contributed by atoms with Crippen molar-refractivity contribution in [3.05, 3.63) is 60.7 Å². The fraction of sp³-hybridized carbons (Fsp3) is 0.154.